The second kappa shape index (κ2) is 8.49. The summed E-state index contributed by atoms with van der Waals surface area (Å²) in [5.41, 5.74) is 8.42. The zero-order chi connectivity index (χ0) is 19.4. The van der Waals surface area contributed by atoms with Gasteiger partial charge in [0.05, 0.1) is 18.7 Å². The number of anilines is 1. The molecule has 0 aliphatic heterocycles. The van der Waals surface area contributed by atoms with Crippen LogP contribution in [0, 0.1) is 0 Å². The molecule has 0 radical (unpaired) electrons. The number of fused-ring (bicyclic) bond motifs is 1. The Labute approximate surface area is 156 Å². The van der Waals surface area contributed by atoms with E-state index in [9.17, 15) is 4.79 Å². The Bertz CT molecular complexity index is 968. The number of aromatic amines is 1. The molecule has 27 heavy (non-hydrogen) atoms. The Hall–Kier alpha value is -2.45. The summed E-state index contributed by atoms with van der Waals surface area (Å²) < 4.78 is 12.0. The first-order valence-electron chi connectivity index (χ1n) is 8.22. The van der Waals surface area contributed by atoms with Crippen LogP contribution in [0.5, 0.6) is 5.88 Å². The SMILES string of the molecule is COCCOc1cc2c([nH]c(=O)n2Cc2ccc(CP(O)O)cc2)c(N)n1. The zero-order valence-corrected chi connectivity index (χ0v) is 15.6. The normalized spacial score (nSPS) is 11.4. The van der Waals surface area contributed by atoms with E-state index in [4.69, 9.17) is 25.0 Å². The van der Waals surface area contributed by atoms with Crippen LogP contribution in [0.1, 0.15) is 11.1 Å². The molecule has 0 atom stereocenters. The molecule has 0 aliphatic rings. The lowest BCUT2D eigenvalue weighted by Crippen LogP contribution is -2.17. The van der Waals surface area contributed by atoms with Gasteiger partial charge in [-0.15, -0.1) is 0 Å². The number of nitrogens with one attached hydrogen (secondary N) is 1. The van der Waals surface area contributed by atoms with Crippen molar-refractivity contribution in [2.24, 2.45) is 0 Å². The van der Waals surface area contributed by atoms with Gasteiger partial charge in [0.1, 0.15) is 12.1 Å². The van der Waals surface area contributed by atoms with Crippen LogP contribution in [0.3, 0.4) is 0 Å². The quantitative estimate of drug-likeness (QED) is 0.334. The average Bonchev–Trinajstić information content (AvgIpc) is 2.93. The second-order valence-corrected chi connectivity index (χ2v) is 7.01. The van der Waals surface area contributed by atoms with Crippen molar-refractivity contribution in [3.05, 3.63) is 51.9 Å². The van der Waals surface area contributed by atoms with Crippen molar-refractivity contribution in [3.63, 3.8) is 0 Å². The summed E-state index contributed by atoms with van der Waals surface area (Å²) in [5, 5.41) is 0. The molecule has 0 fully saturated rings. The second-order valence-electron chi connectivity index (χ2n) is 5.94. The number of benzene rings is 1. The number of H-pyrrole nitrogens is 1. The van der Waals surface area contributed by atoms with E-state index in [1.165, 1.54) is 0 Å². The molecule has 0 spiro atoms. The highest BCUT2D eigenvalue weighted by Crippen LogP contribution is 2.29. The zero-order valence-electron chi connectivity index (χ0n) is 14.8. The van der Waals surface area contributed by atoms with E-state index >= 15 is 0 Å². The van der Waals surface area contributed by atoms with Gasteiger partial charge in [-0.25, -0.2) is 4.79 Å². The van der Waals surface area contributed by atoms with Crippen LogP contribution < -0.4 is 16.2 Å². The minimum absolute atomic E-state index is 0.186. The first-order chi connectivity index (χ1) is 13.0. The monoisotopic (exact) mass is 392 g/mol. The summed E-state index contributed by atoms with van der Waals surface area (Å²) in [6.45, 7) is 1.06. The topological polar surface area (TPSA) is 136 Å². The van der Waals surface area contributed by atoms with Crippen molar-refractivity contribution < 1.29 is 19.3 Å². The van der Waals surface area contributed by atoms with Crippen LogP contribution in [0.25, 0.3) is 11.0 Å². The maximum Gasteiger partial charge on any atom is 0.326 e. The number of hydrogen-bond donors (Lipinski definition) is 4. The number of aromatic nitrogens is 3. The van der Waals surface area contributed by atoms with Gasteiger partial charge >= 0.3 is 5.69 Å². The Kier molecular flexibility index (Phi) is 6.08. The summed E-state index contributed by atoms with van der Waals surface area (Å²) in [4.78, 5) is 37.4. The van der Waals surface area contributed by atoms with Crippen molar-refractivity contribution in [1.82, 2.24) is 14.5 Å². The van der Waals surface area contributed by atoms with Crippen molar-refractivity contribution in [2.75, 3.05) is 26.1 Å². The predicted molar refractivity (Wildman–Crippen MR) is 103 cm³/mol. The molecule has 0 saturated heterocycles. The Morgan fingerprint density at radius 1 is 1.22 bits per heavy atom. The van der Waals surface area contributed by atoms with Gasteiger partial charge in [0, 0.05) is 19.3 Å². The first-order valence-corrected chi connectivity index (χ1v) is 9.65. The van der Waals surface area contributed by atoms with Crippen LogP contribution in [0.4, 0.5) is 5.82 Å². The van der Waals surface area contributed by atoms with Crippen LogP contribution >= 0.6 is 8.38 Å². The Balaban J connectivity index is 1.89. The summed E-state index contributed by atoms with van der Waals surface area (Å²) in [7, 11) is -0.398. The highest BCUT2D eigenvalue weighted by Gasteiger charge is 2.13. The third kappa shape index (κ3) is 4.64. The standard InChI is InChI=1S/C17H21N4O5P/c1-25-6-7-26-14-8-13-15(16(18)19-14)20-17(22)21(13)9-11-2-4-12(5-3-11)10-27(23)24/h2-5,8,23-24H,6-7,9-10H2,1H3,(H2,18,19)(H,20,22). The van der Waals surface area contributed by atoms with Gasteiger partial charge in [0.2, 0.25) is 5.88 Å². The van der Waals surface area contributed by atoms with Crippen molar-refractivity contribution in [3.8, 4) is 5.88 Å². The number of hydrogen-bond acceptors (Lipinski definition) is 7. The molecular formula is C17H21N4O5P. The summed E-state index contributed by atoms with van der Waals surface area (Å²) in [5.74, 6) is 0.504. The van der Waals surface area contributed by atoms with Crippen molar-refractivity contribution >= 4 is 25.2 Å². The lowest BCUT2D eigenvalue weighted by atomic mass is 10.1. The Morgan fingerprint density at radius 2 is 1.93 bits per heavy atom. The fourth-order valence-electron chi connectivity index (χ4n) is 2.71. The number of pyridine rings is 1. The maximum atomic E-state index is 12.4. The number of rotatable bonds is 8. The Morgan fingerprint density at radius 3 is 2.59 bits per heavy atom. The first kappa shape index (κ1) is 19.3. The van der Waals surface area contributed by atoms with E-state index in [-0.39, 0.29) is 17.7 Å². The summed E-state index contributed by atoms with van der Waals surface area (Å²) in [6, 6.07) is 8.98. The summed E-state index contributed by atoms with van der Waals surface area (Å²) >= 11 is 0. The average molecular weight is 392 g/mol. The van der Waals surface area contributed by atoms with Crippen LogP contribution in [0.15, 0.2) is 35.1 Å². The van der Waals surface area contributed by atoms with Crippen LogP contribution in [-0.4, -0.2) is 44.6 Å². The van der Waals surface area contributed by atoms with Gasteiger partial charge in [-0.1, -0.05) is 24.3 Å². The van der Waals surface area contributed by atoms with E-state index in [1.807, 2.05) is 24.3 Å². The molecule has 0 bridgehead atoms. The van der Waals surface area contributed by atoms with E-state index < -0.39 is 8.38 Å². The minimum Gasteiger partial charge on any atom is -0.475 e. The molecule has 3 aromatic rings. The third-order valence-corrected chi connectivity index (χ3v) is 4.64. The number of methoxy groups -OCH3 is 1. The third-order valence-electron chi connectivity index (χ3n) is 4.00. The van der Waals surface area contributed by atoms with Gasteiger partial charge in [0.25, 0.3) is 0 Å². The fraction of sp³-hybridized carbons (Fsp3) is 0.294. The molecule has 0 unspecified atom stereocenters. The number of nitrogens with zero attached hydrogens (tertiary/aromatic N) is 2. The number of imidazole rings is 1. The molecule has 0 aliphatic carbocycles. The molecule has 5 N–H and O–H groups in total. The van der Waals surface area contributed by atoms with Crippen LogP contribution in [0.2, 0.25) is 0 Å². The number of ether oxygens (including phenoxy) is 2. The van der Waals surface area contributed by atoms with Crippen LogP contribution in [-0.2, 0) is 17.4 Å². The molecule has 2 aromatic heterocycles. The molecule has 0 saturated carbocycles. The van der Waals surface area contributed by atoms with Gasteiger partial charge in [-0.2, -0.15) is 4.98 Å². The maximum absolute atomic E-state index is 12.4. The van der Waals surface area contributed by atoms with Crippen molar-refractivity contribution in [2.45, 2.75) is 12.7 Å². The van der Waals surface area contributed by atoms with Gasteiger partial charge in [-0.05, 0) is 11.1 Å². The van der Waals surface area contributed by atoms with Crippen molar-refractivity contribution in [1.29, 1.82) is 0 Å². The molecule has 3 rings (SSSR count). The highest BCUT2D eigenvalue weighted by atomic mass is 31.2. The molecule has 9 nitrogen and oxygen atoms in total. The summed E-state index contributed by atoms with van der Waals surface area (Å²) in [6.07, 6.45) is 0.215. The van der Waals surface area contributed by atoms with E-state index in [2.05, 4.69) is 9.97 Å². The van der Waals surface area contributed by atoms with E-state index in [1.54, 1.807) is 17.7 Å². The van der Waals surface area contributed by atoms with Gasteiger partial charge in [-0.3, -0.25) is 4.57 Å². The minimum atomic E-state index is -1.97. The molecule has 2 heterocycles. The molecule has 144 valence electrons. The van der Waals surface area contributed by atoms with Gasteiger partial charge in [0.15, 0.2) is 14.2 Å². The lowest BCUT2D eigenvalue weighted by Gasteiger charge is -2.09. The predicted octanol–water partition coefficient (Wildman–Crippen LogP) is 1.18. The van der Waals surface area contributed by atoms with E-state index in [0.717, 1.165) is 11.1 Å². The highest BCUT2D eigenvalue weighted by molar-refractivity contribution is 7.44. The largest absolute Gasteiger partial charge is 0.475 e. The number of nitrogen functional groups attached to an aromatic ring is 1. The molecule has 0 amide bonds. The molecule has 10 heteroatoms. The molecular weight excluding hydrogens is 371 g/mol. The number of nitrogens with two attached hydrogens (primary N) is 1. The molecule has 1 aromatic carbocycles. The van der Waals surface area contributed by atoms with E-state index in [0.29, 0.717) is 36.7 Å². The smallest absolute Gasteiger partial charge is 0.326 e. The fourth-order valence-corrected chi connectivity index (χ4v) is 3.25. The van der Waals surface area contributed by atoms with Gasteiger partial charge < -0.3 is 30.0 Å². The lowest BCUT2D eigenvalue weighted by molar-refractivity contribution is 0.144.